The minimum atomic E-state index is -1.28. The summed E-state index contributed by atoms with van der Waals surface area (Å²) in [6, 6.07) is 11.9. The lowest BCUT2D eigenvalue weighted by Crippen LogP contribution is -2.41. The van der Waals surface area contributed by atoms with Gasteiger partial charge in [0.05, 0.1) is 6.54 Å². The Hall–Kier alpha value is -3.35. The van der Waals surface area contributed by atoms with Crippen LogP contribution in [-0.2, 0) is 16.8 Å². The molecule has 0 unspecified atom stereocenters. The van der Waals surface area contributed by atoms with Crippen LogP contribution < -0.4 is 14.8 Å². The molecule has 1 N–H and O–H groups in total. The molecule has 2 heterocycles. The Morgan fingerprint density at radius 3 is 2.47 bits per heavy atom. The van der Waals surface area contributed by atoms with Crippen molar-refractivity contribution in [2.75, 3.05) is 19.8 Å². The van der Waals surface area contributed by atoms with Crippen LogP contribution in [-0.4, -0.2) is 42.4 Å². The molecule has 7 heteroatoms. The summed E-state index contributed by atoms with van der Waals surface area (Å²) in [4.78, 5) is 39.3. The standard InChI is InChI=1S/C23H24N2O5/c1-3-4-15-5-7-16(8-6-15)18(26)14-25-21(27)23(2,24-22(25)28)17-9-10-19-20(13-17)30-12-11-29-19/h5-10,13H,3-4,11-12,14H2,1-2H3,(H,24,28)/t23-/m0/s1. The molecule has 2 aliphatic rings. The fourth-order valence-electron chi connectivity index (χ4n) is 3.77. The second-order valence-corrected chi connectivity index (χ2v) is 7.67. The first-order valence-electron chi connectivity index (χ1n) is 10.1. The van der Waals surface area contributed by atoms with Crippen molar-refractivity contribution in [1.29, 1.82) is 0 Å². The van der Waals surface area contributed by atoms with Gasteiger partial charge in [0.1, 0.15) is 18.8 Å². The van der Waals surface area contributed by atoms with Crippen molar-refractivity contribution in [2.45, 2.75) is 32.2 Å². The van der Waals surface area contributed by atoms with Gasteiger partial charge in [0, 0.05) is 5.56 Å². The summed E-state index contributed by atoms with van der Waals surface area (Å²) in [5, 5.41) is 2.72. The van der Waals surface area contributed by atoms with Gasteiger partial charge >= 0.3 is 6.03 Å². The summed E-state index contributed by atoms with van der Waals surface area (Å²) in [7, 11) is 0. The highest BCUT2D eigenvalue weighted by molar-refractivity contribution is 6.11. The van der Waals surface area contributed by atoms with Crippen molar-refractivity contribution >= 4 is 17.7 Å². The number of ketones is 1. The summed E-state index contributed by atoms with van der Waals surface area (Å²) in [6.45, 7) is 4.30. The molecule has 4 rings (SSSR count). The summed E-state index contributed by atoms with van der Waals surface area (Å²) in [6.07, 6.45) is 1.96. The van der Waals surface area contributed by atoms with Crippen molar-refractivity contribution in [1.82, 2.24) is 10.2 Å². The van der Waals surface area contributed by atoms with Gasteiger partial charge in [-0.2, -0.15) is 0 Å². The predicted octanol–water partition coefficient (Wildman–Crippen LogP) is 3.06. The lowest BCUT2D eigenvalue weighted by molar-refractivity contribution is -0.130. The van der Waals surface area contributed by atoms with Crippen molar-refractivity contribution < 1.29 is 23.9 Å². The van der Waals surface area contributed by atoms with Crippen molar-refractivity contribution in [3.63, 3.8) is 0 Å². The molecular formula is C23H24N2O5. The fourth-order valence-corrected chi connectivity index (χ4v) is 3.77. The largest absolute Gasteiger partial charge is 0.486 e. The molecule has 0 radical (unpaired) electrons. The van der Waals surface area contributed by atoms with Crippen LogP contribution in [0.4, 0.5) is 4.79 Å². The fraction of sp³-hybridized carbons (Fsp3) is 0.348. The molecule has 0 aliphatic carbocycles. The molecule has 3 amide bonds. The second kappa shape index (κ2) is 7.82. The summed E-state index contributed by atoms with van der Waals surface area (Å²) >= 11 is 0. The molecule has 7 nitrogen and oxygen atoms in total. The number of hydrogen-bond acceptors (Lipinski definition) is 5. The van der Waals surface area contributed by atoms with Gasteiger partial charge in [0.2, 0.25) is 0 Å². The molecule has 1 atom stereocenters. The van der Waals surface area contributed by atoms with Gasteiger partial charge in [-0.25, -0.2) is 4.79 Å². The number of urea groups is 1. The third kappa shape index (κ3) is 3.51. The van der Waals surface area contributed by atoms with E-state index in [4.69, 9.17) is 9.47 Å². The number of carbonyl (C=O) groups is 3. The number of Topliss-reactive ketones (excluding diaryl/α,β-unsaturated/α-hetero) is 1. The first kappa shape index (κ1) is 19.9. The topological polar surface area (TPSA) is 84.9 Å². The van der Waals surface area contributed by atoms with E-state index in [2.05, 4.69) is 12.2 Å². The Morgan fingerprint density at radius 2 is 1.77 bits per heavy atom. The SMILES string of the molecule is CCCc1ccc(C(=O)CN2C(=O)N[C@@](C)(c3ccc4c(c3)OCCO4)C2=O)cc1. The zero-order valence-corrected chi connectivity index (χ0v) is 17.1. The molecule has 1 fully saturated rings. The Bertz CT molecular complexity index is 1000. The smallest absolute Gasteiger partial charge is 0.325 e. The molecule has 1 saturated heterocycles. The number of benzene rings is 2. The molecule has 30 heavy (non-hydrogen) atoms. The highest BCUT2D eigenvalue weighted by atomic mass is 16.6. The van der Waals surface area contributed by atoms with E-state index >= 15 is 0 Å². The van der Waals surface area contributed by atoms with E-state index in [0.717, 1.165) is 23.3 Å². The van der Waals surface area contributed by atoms with Crippen LogP contribution in [0.5, 0.6) is 11.5 Å². The van der Waals surface area contributed by atoms with Crippen LogP contribution in [0.1, 0.15) is 41.8 Å². The minimum absolute atomic E-state index is 0.284. The quantitative estimate of drug-likeness (QED) is 0.587. The molecule has 2 aliphatic heterocycles. The predicted molar refractivity (Wildman–Crippen MR) is 110 cm³/mol. The van der Waals surface area contributed by atoms with Crippen molar-refractivity contribution in [3.8, 4) is 11.5 Å². The average Bonchev–Trinajstić information content (AvgIpc) is 2.98. The average molecular weight is 408 g/mol. The van der Waals surface area contributed by atoms with Gasteiger partial charge in [0.25, 0.3) is 5.91 Å². The van der Waals surface area contributed by atoms with Gasteiger partial charge in [-0.05, 0) is 36.6 Å². The second-order valence-electron chi connectivity index (χ2n) is 7.67. The Kier molecular flexibility index (Phi) is 5.20. The number of aryl methyl sites for hydroxylation is 1. The van der Waals surface area contributed by atoms with E-state index in [1.165, 1.54) is 0 Å². The van der Waals surface area contributed by atoms with Crippen LogP contribution in [0.2, 0.25) is 0 Å². The van der Waals surface area contributed by atoms with Gasteiger partial charge < -0.3 is 14.8 Å². The Morgan fingerprint density at radius 1 is 1.07 bits per heavy atom. The molecule has 2 aromatic rings. The van der Waals surface area contributed by atoms with Crippen LogP contribution in [0, 0.1) is 0 Å². The number of imide groups is 1. The van der Waals surface area contributed by atoms with Gasteiger partial charge in [-0.15, -0.1) is 0 Å². The zero-order valence-electron chi connectivity index (χ0n) is 17.1. The van der Waals surface area contributed by atoms with E-state index in [9.17, 15) is 14.4 Å². The molecule has 2 aromatic carbocycles. The number of fused-ring (bicyclic) bond motifs is 1. The maximum absolute atomic E-state index is 13.1. The number of carbonyl (C=O) groups excluding carboxylic acids is 3. The third-order valence-corrected chi connectivity index (χ3v) is 5.51. The van der Waals surface area contributed by atoms with Crippen molar-refractivity contribution in [2.24, 2.45) is 0 Å². The first-order chi connectivity index (χ1) is 14.4. The van der Waals surface area contributed by atoms with E-state index in [1.54, 1.807) is 37.3 Å². The van der Waals surface area contributed by atoms with E-state index in [-0.39, 0.29) is 12.3 Å². The first-order valence-corrected chi connectivity index (χ1v) is 10.1. The molecule has 0 aromatic heterocycles. The van der Waals surface area contributed by atoms with Crippen LogP contribution >= 0.6 is 0 Å². The number of amides is 3. The number of nitrogens with zero attached hydrogens (tertiary/aromatic N) is 1. The summed E-state index contributed by atoms with van der Waals surface area (Å²) in [5.41, 5.74) is 0.917. The lowest BCUT2D eigenvalue weighted by Gasteiger charge is -2.25. The lowest BCUT2D eigenvalue weighted by atomic mass is 9.91. The number of hydrogen-bond donors (Lipinski definition) is 1. The maximum Gasteiger partial charge on any atom is 0.325 e. The van der Waals surface area contributed by atoms with Crippen LogP contribution in [0.25, 0.3) is 0 Å². The van der Waals surface area contributed by atoms with E-state index < -0.39 is 17.5 Å². The monoisotopic (exact) mass is 408 g/mol. The highest BCUT2D eigenvalue weighted by Gasteiger charge is 2.49. The molecule has 156 valence electrons. The Balaban J connectivity index is 1.52. The van der Waals surface area contributed by atoms with Crippen LogP contribution in [0.3, 0.4) is 0 Å². The van der Waals surface area contributed by atoms with E-state index in [1.807, 2.05) is 12.1 Å². The number of ether oxygens (including phenoxy) is 2. The number of nitrogens with one attached hydrogen (secondary N) is 1. The van der Waals surface area contributed by atoms with E-state index in [0.29, 0.717) is 35.8 Å². The molecule has 0 saturated carbocycles. The Labute approximate surface area is 175 Å². The van der Waals surface area contributed by atoms with Gasteiger partial charge in [-0.1, -0.05) is 43.7 Å². The molecule has 0 bridgehead atoms. The molecule has 0 spiro atoms. The van der Waals surface area contributed by atoms with Crippen molar-refractivity contribution in [3.05, 3.63) is 59.2 Å². The van der Waals surface area contributed by atoms with Gasteiger partial charge in [0.15, 0.2) is 17.3 Å². The summed E-state index contributed by atoms with van der Waals surface area (Å²) < 4.78 is 11.1. The molecular weight excluding hydrogens is 384 g/mol. The maximum atomic E-state index is 13.1. The van der Waals surface area contributed by atoms with Crippen LogP contribution in [0.15, 0.2) is 42.5 Å². The number of rotatable bonds is 6. The third-order valence-electron chi connectivity index (χ3n) is 5.51. The summed E-state index contributed by atoms with van der Waals surface area (Å²) in [5.74, 6) is 0.376. The minimum Gasteiger partial charge on any atom is -0.486 e. The highest BCUT2D eigenvalue weighted by Crippen LogP contribution is 2.36. The zero-order chi connectivity index (χ0) is 21.3. The van der Waals surface area contributed by atoms with Gasteiger partial charge in [-0.3, -0.25) is 14.5 Å². The normalized spacial score (nSPS) is 20.3.